The number of aliphatic hydroxyl groups is 2. The molecule has 0 aromatic heterocycles. The Morgan fingerprint density at radius 1 is 1.40 bits per heavy atom. The highest BCUT2D eigenvalue weighted by atomic mass is 16.4. The summed E-state index contributed by atoms with van der Waals surface area (Å²) in [5.74, 6) is -3.16. The summed E-state index contributed by atoms with van der Waals surface area (Å²) in [6.45, 7) is 1.43. The molecule has 0 bridgehead atoms. The van der Waals surface area contributed by atoms with E-state index in [1.807, 2.05) is 0 Å². The molecule has 0 aliphatic heterocycles. The second-order valence-corrected chi connectivity index (χ2v) is 3.33. The quantitative estimate of drug-likeness (QED) is 0.475. The lowest BCUT2D eigenvalue weighted by atomic mass is 9.84. The van der Waals surface area contributed by atoms with Crippen LogP contribution in [0.2, 0.25) is 0 Å². The van der Waals surface area contributed by atoms with Gasteiger partial charge in [0.25, 0.3) is 0 Å². The van der Waals surface area contributed by atoms with Crippen LogP contribution in [0.25, 0.3) is 0 Å². The zero-order chi connectivity index (χ0) is 11.8. The molecule has 82 valence electrons. The Hall–Kier alpha value is -1.66. The SMILES string of the molecule is CC1=CC(O)(C(=O)O)C(O)C(C(=O)O)=C1. The first-order chi connectivity index (χ1) is 6.79. The Bertz CT molecular complexity index is 380. The first-order valence-corrected chi connectivity index (χ1v) is 4.07. The van der Waals surface area contributed by atoms with E-state index in [2.05, 4.69) is 0 Å². The van der Waals surface area contributed by atoms with Gasteiger partial charge in [-0.3, -0.25) is 0 Å². The van der Waals surface area contributed by atoms with Gasteiger partial charge >= 0.3 is 11.9 Å². The van der Waals surface area contributed by atoms with E-state index in [1.54, 1.807) is 0 Å². The molecule has 0 aromatic carbocycles. The number of carbonyl (C=O) groups is 2. The van der Waals surface area contributed by atoms with Crippen LogP contribution < -0.4 is 0 Å². The minimum atomic E-state index is -2.58. The highest BCUT2D eigenvalue weighted by molar-refractivity contribution is 5.93. The van der Waals surface area contributed by atoms with E-state index >= 15 is 0 Å². The molecule has 0 aromatic rings. The smallest absolute Gasteiger partial charge is 0.342 e. The number of carboxylic acids is 2. The highest BCUT2D eigenvalue weighted by Gasteiger charge is 2.47. The van der Waals surface area contributed by atoms with Crippen LogP contribution in [0, 0.1) is 0 Å². The van der Waals surface area contributed by atoms with Crippen molar-refractivity contribution in [2.75, 3.05) is 0 Å². The largest absolute Gasteiger partial charge is 0.479 e. The van der Waals surface area contributed by atoms with Gasteiger partial charge in [0, 0.05) is 0 Å². The molecule has 4 N–H and O–H groups in total. The fraction of sp³-hybridized carbons (Fsp3) is 0.333. The summed E-state index contributed by atoms with van der Waals surface area (Å²) in [4.78, 5) is 21.4. The van der Waals surface area contributed by atoms with Crippen molar-refractivity contribution in [2.24, 2.45) is 0 Å². The van der Waals surface area contributed by atoms with Gasteiger partial charge in [0.1, 0.15) is 6.10 Å². The molecule has 2 unspecified atom stereocenters. The summed E-state index contributed by atoms with van der Waals surface area (Å²) in [5.41, 5.74) is -2.85. The number of aliphatic carboxylic acids is 2. The number of carboxylic acid groups (broad SMARTS) is 2. The zero-order valence-electron chi connectivity index (χ0n) is 7.84. The molecule has 1 rings (SSSR count). The lowest BCUT2D eigenvalue weighted by Gasteiger charge is -2.29. The van der Waals surface area contributed by atoms with Crippen molar-refractivity contribution in [3.8, 4) is 0 Å². The van der Waals surface area contributed by atoms with Crippen LogP contribution in [0.1, 0.15) is 6.92 Å². The minimum Gasteiger partial charge on any atom is -0.479 e. The topological polar surface area (TPSA) is 115 Å². The number of allylic oxidation sites excluding steroid dienone is 2. The van der Waals surface area contributed by atoms with Crippen LogP contribution >= 0.6 is 0 Å². The van der Waals surface area contributed by atoms with Crippen LogP contribution in [0.5, 0.6) is 0 Å². The predicted molar refractivity (Wildman–Crippen MR) is 48.1 cm³/mol. The summed E-state index contributed by atoms with van der Waals surface area (Å²) in [6, 6.07) is 0. The maximum Gasteiger partial charge on any atom is 0.342 e. The predicted octanol–water partition coefficient (Wildman–Crippen LogP) is -0.866. The van der Waals surface area contributed by atoms with E-state index in [4.69, 9.17) is 10.2 Å². The van der Waals surface area contributed by atoms with Crippen molar-refractivity contribution >= 4 is 11.9 Å². The molecule has 2 atom stereocenters. The average Bonchev–Trinajstić information content (AvgIpc) is 2.10. The third kappa shape index (κ3) is 1.77. The Balaban J connectivity index is 3.26. The van der Waals surface area contributed by atoms with E-state index < -0.39 is 29.2 Å². The van der Waals surface area contributed by atoms with Gasteiger partial charge in [-0.05, 0) is 19.1 Å². The fourth-order valence-electron chi connectivity index (χ4n) is 1.39. The van der Waals surface area contributed by atoms with E-state index in [-0.39, 0.29) is 5.57 Å². The Labute approximate surface area is 84.8 Å². The van der Waals surface area contributed by atoms with Crippen molar-refractivity contribution < 1.29 is 30.0 Å². The number of hydrogen-bond acceptors (Lipinski definition) is 4. The third-order valence-electron chi connectivity index (χ3n) is 2.13. The normalized spacial score (nSPS) is 30.5. The Kier molecular flexibility index (Phi) is 2.65. The Morgan fingerprint density at radius 2 is 1.93 bits per heavy atom. The van der Waals surface area contributed by atoms with E-state index in [1.165, 1.54) is 6.92 Å². The van der Waals surface area contributed by atoms with Crippen molar-refractivity contribution in [3.05, 3.63) is 23.3 Å². The van der Waals surface area contributed by atoms with E-state index in [0.29, 0.717) is 0 Å². The zero-order valence-corrected chi connectivity index (χ0v) is 7.84. The minimum absolute atomic E-state index is 0.266. The average molecular weight is 214 g/mol. The van der Waals surface area contributed by atoms with Crippen molar-refractivity contribution in [3.63, 3.8) is 0 Å². The van der Waals surface area contributed by atoms with Gasteiger partial charge in [-0.25, -0.2) is 9.59 Å². The van der Waals surface area contributed by atoms with Gasteiger partial charge in [-0.1, -0.05) is 5.57 Å². The molecule has 0 spiro atoms. The second-order valence-electron chi connectivity index (χ2n) is 3.33. The van der Waals surface area contributed by atoms with Crippen molar-refractivity contribution in [1.82, 2.24) is 0 Å². The molecule has 0 fully saturated rings. The van der Waals surface area contributed by atoms with Crippen LogP contribution in [0.15, 0.2) is 23.3 Å². The maximum absolute atomic E-state index is 10.7. The van der Waals surface area contributed by atoms with E-state index in [0.717, 1.165) is 12.2 Å². The Morgan fingerprint density at radius 3 is 2.33 bits per heavy atom. The van der Waals surface area contributed by atoms with Gasteiger partial charge in [0.05, 0.1) is 5.57 Å². The summed E-state index contributed by atoms with van der Waals surface area (Å²) >= 11 is 0. The first kappa shape index (κ1) is 11.4. The monoisotopic (exact) mass is 214 g/mol. The molecule has 0 radical (unpaired) electrons. The molecule has 6 nitrogen and oxygen atoms in total. The van der Waals surface area contributed by atoms with E-state index in [9.17, 15) is 19.8 Å². The van der Waals surface area contributed by atoms with Crippen LogP contribution in [0.3, 0.4) is 0 Å². The van der Waals surface area contributed by atoms with Gasteiger partial charge in [-0.15, -0.1) is 0 Å². The summed E-state index contributed by atoms with van der Waals surface area (Å²) in [5, 5.41) is 36.4. The lowest BCUT2D eigenvalue weighted by molar-refractivity contribution is -0.162. The van der Waals surface area contributed by atoms with Crippen LogP contribution in [-0.4, -0.2) is 44.1 Å². The summed E-state index contributed by atoms with van der Waals surface area (Å²) < 4.78 is 0. The molecular formula is C9H10O6. The van der Waals surface area contributed by atoms with Gasteiger partial charge in [0.2, 0.25) is 5.60 Å². The van der Waals surface area contributed by atoms with Gasteiger partial charge < -0.3 is 20.4 Å². The molecule has 0 saturated heterocycles. The highest BCUT2D eigenvalue weighted by Crippen LogP contribution is 2.27. The molecule has 1 aliphatic carbocycles. The maximum atomic E-state index is 10.7. The number of aliphatic hydroxyl groups excluding tert-OH is 1. The van der Waals surface area contributed by atoms with Crippen LogP contribution in [-0.2, 0) is 9.59 Å². The number of hydrogen-bond donors (Lipinski definition) is 4. The summed E-state index contributed by atoms with van der Waals surface area (Å²) in [7, 11) is 0. The van der Waals surface area contributed by atoms with Gasteiger partial charge in [-0.2, -0.15) is 0 Å². The number of rotatable bonds is 2. The third-order valence-corrected chi connectivity index (χ3v) is 2.13. The van der Waals surface area contributed by atoms with Gasteiger partial charge in [0.15, 0.2) is 0 Å². The van der Waals surface area contributed by atoms with Crippen molar-refractivity contribution in [1.29, 1.82) is 0 Å². The fourth-order valence-corrected chi connectivity index (χ4v) is 1.39. The second kappa shape index (κ2) is 3.48. The molecular weight excluding hydrogens is 204 g/mol. The standard InChI is InChI=1S/C9H10O6/c1-4-2-5(7(11)12)6(10)9(15,3-4)8(13)14/h2-3,6,10,15H,1H3,(H,11,12)(H,13,14). The lowest BCUT2D eigenvalue weighted by Crippen LogP contribution is -2.51. The summed E-state index contributed by atoms with van der Waals surface area (Å²) in [6.07, 6.45) is 0.0489. The molecule has 1 aliphatic rings. The molecule has 6 heteroatoms. The van der Waals surface area contributed by atoms with Crippen molar-refractivity contribution in [2.45, 2.75) is 18.6 Å². The molecule has 0 heterocycles. The molecule has 15 heavy (non-hydrogen) atoms. The first-order valence-electron chi connectivity index (χ1n) is 4.07. The molecule has 0 amide bonds. The molecule has 0 saturated carbocycles. The van der Waals surface area contributed by atoms with Crippen LogP contribution in [0.4, 0.5) is 0 Å².